The second kappa shape index (κ2) is 35.0. The number of esters is 2. The van der Waals surface area contributed by atoms with Crippen LogP contribution in [0.15, 0.2) is 85.1 Å². The number of carbonyl (C=O) groups is 3. The Morgan fingerprint density at radius 2 is 1.48 bits per heavy atom. The quantitative estimate of drug-likeness (QED) is 0.0209. The molecule has 0 saturated carbocycles. The number of aliphatic hydroxyl groups excluding tert-OH is 5. The summed E-state index contributed by atoms with van der Waals surface area (Å²) in [5.74, 6) is -5.37. The molecule has 20 heteroatoms. The fourth-order valence-electron chi connectivity index (χ4n) is 7.27. The minimum Gasteiger partial charge on any atom is -0.462 e. The van der Waals surface area contributed by atoms with E-state index in [2.05, 4.69) is 37.3 Å². The molecule has 1 heterocycles. The first-order valence-corrected chi connectivity index (χ1v) is 27.2. The highest BCUT2D eigenvalue weighted by Crippen LogP contribution is 2.49. The first kappa shape index (κ1) is 61.9. The van der Waals surface area contributed by atoms with E-state index in [1.807, 2.05) is 25.2 Å². The number of hydrogen-bond acceptors (Lipinski definition) is 15. The number of phosphoric acid groups is 2. The van der Waals surface area contributed by atoms with Crippen molar-refractivity contribution in [2.45, 2.75) is 178 Å². The van der Waals surface area contributed by atoms with E-state index in [1.165, 1.54) is 31.4 Å². The van der Waals surface area contributed by atoms with E-state index >= 15 is 0 Å². The summed E-state index contributed by atoms with van der Waals surface area (Å²) >= 11 is 0. The largest absolute Gasteiger partial charge is 0.472 e. The van der Waals surface area contributed by atoms with Crippen molar-refractivity contribution in [2.24, 2.45) is 11.8 Å². The average Bonchev–Trinajstić information content (AvgIpc) is 3.30. The first-order chi connectivity index (χ1) is 32.9. The second-order valence-electron chi connectivity index (χ2n) is 17.1. The van der Waals surface area contributed by atoms with Crippen LogP contribution in [-0.2, 0) is 46.6 Å². The number of ether oxygens (including phenoxy) is 2. The molecule has 2 rings (SSSR count). The molecule has 0 aromatic rings. The number of phosphoric ester groups is 2. The molecule has 0 spiro atoms. The Bertz CT molecular complexity index is 1800. The molecule has 1 unspecified atom stereocenters. The van der Waals surface area contributed by atoms with Crippen molar-refractivity contribution in [3.8, 4) is 0 Å². The maximum Gasteiger partial charge on any atom is 0.472 e. The van der Waals surface area contributed by atoms with E-state index in [-0.39, 0.29) is 32.1 Å². The Labute approximate surface area is 407 Å². The lowest BCUT2D eigenvalue weighted by Gasteiger charge is -2.38. The van der Waals surface area contributed by atoms with E-state index in [0.29, 0.717) is 25.7 Å². The van der Waals surface area contributed by atoms with Crippen LogP contribution in [-0.4, -0.2) is 120 Å². The third-order valence-corrected chi connectivity index (χ3v) is 12.7. The number of rotatable bonds is 24. The maximum absolute atomic E-state index is 13.8. The molecule has 0 radical (unpaired) electrons. The number of aliphatic hydroxyl groups is 5. The van der Waals surface area contributed by atoms with Crippen LogP contribution in [0.4, 0.5) is 0 Å². The molecule has 0 aromatic carbocycles. The fraction of sp³-hybridized carbons (Fsp3) is 0.653. The van der Waals surface area contributed by atoms with Gasteiger partial charge >= 0.3 is 27.6 Å². The van der Waals surface area contributed by atoms with Gasteiger partial charge in [-0.05, 0) is 76.7 Å². The molecule has 11 atom stereocenters. The summed E-state index contributed by atoms with van der Waals surface area (Å²) in [4.78, 5) is 70.3. The van der Waals surface area contributed by atoms with Gasteiger partial charge in [0, 0.05) is 18.8 Å². The lowest BCUT2D eigenvalue weighted by molar-refractivity contribution is -0.163. The van der Waals surface area contributed by atoms with Crippen LogP contribution >= 0.6 is 15.6 Å². The van der Waals surface area contributed by atoms with E-state index in [1.54, 1.807) is 12.2 Å². The lowest BCUT2D eigenvalue weighted by atomic mass is 9.87. The van der Waals surface area contributed by atoms with Crippen LogP contribution < -0.4 is 0 Å². The van der Waals surface area contributed by atoms with Crippen LogP contribution in [0.1, 0.15) is 129 Å². The van der Waals surface area contributed by atoms with Crippen molar-refractivity contribution in [1.29, 1.82) is 0 Å². The average molecular weight is 1020 g/mol. The number of hydrogen-bond donors (Lipinski definition) is 8. The Morgan fingerprint density at radius 3 is 2.12 bits per heavy atom. The van der Waals surface area contributed by atoms with Gasteiger partial charge in [0.2, 0.25) is 0 Å². The summed E-state index contributed by atoms with van der Waals surface area (Å²) in [5, 5.41) is 56.4. The molecule has 0 saturated heterocycles. The van der Waals surface area contributed by atoms with Gasteiger partial charge in [-0.15, -0.1) is 0 Å². The smallest absolute Gasteiger partial charge is 0.462 e. The Morgan fingerprint density at radius 1 is 0.855 bits per heavy atom. The van der Waals surface area contributed by atoms with Gasteiger partial charge in [0.1, 0.15) is 31.0 Å². The molecule has 2 aliphatic rings. The standard InChI is InChI=1S/C49H78O18P2/c1-3-5-7-8-9-10-11-12-13-14-15-16-17-18-19-20-25-29-42(52)63-35-39-36-64-69(61,62)67-49-47(57)46(56)44(54)37(27-24-21-22-26-30-43(53)65-39)31-34-41(51)40(33-32-38(50)28-23-6-4-2)45(55)48(49)66-68(58,59)60/h9-10,12-13,15-16,18-19,21,24,31-34,37-40,44-50,54-57H,3-8,11,14,17,20,22-23,25-30,35-36H2,1-2H3,(H,61,62)(H2,58,59,60)/b10-9-,13-12-,16-15-,19-18-,24-21-,33-32+,34-31-/t37-,38-,39+,40-,44+,45+,46-,47+,48+,49-/m0/s1. The summed E-state index contributed by atoms with van der Waals surface area (Å²) in [6, 6.07) is 0. The lowest BCUT2D eigenvalue weighted by Crippen LogP contribution is -2.56. The van der Waals surface area contributed by atoms with Gasteiger partial charge in [0.25, 0.3) is 0 Å². The zero-order valence-electron chi connectivity index (χ0n) is 40.1. The summed E-state index contributed by atoms with van der Waals surface area (Å²) in [6.45, 7) is 2.52. The van der Waals surface area contributed by atoms with Gasteiger partial charge < -0.3 is 49.7 Å². The molecule has 8 N–H and O–H groups in total. The van der Waals surface area contributed by atoms with Crippen LogP contribution in [0, 0.1) is 11.8 Å². The van der Waals surface area contributed by atoms with Gasteiger partial charge in [-0.3, -0.25) is 28.0 Å². The van der Waals surface area contributed by atoms with Crippen molar-refractivity contribution < 1.29 is 86.8 Å². The minimum atomic E-state index is -5.76. The highest BCUT2D eigenvalue weighted by molar-refractivity contribution is 7.47. The van der Waals surface area contributed by atoms with E-state index < -0.39 is 107 Å². The third kappa shape index (κ3) is 27.3. The summed E-state index contributed by atoms with van der Waals surface area (Å²) < 4.78 is 52.0. The van der Waals surface area contributed by atoms with Crippen LogP contribution in [0.2, 0.25) is 0 Å². The topological polar surface area (TPSA) is 293 Å². The van der Waals surface area contributed by atoms with Gasteiger partial charge in [-0.25, -0.2) is 9.13 Å². The normalized spacial score (nSPS) is 30.0. The maximum atomic E-state index is 13.8. The SMILES string of the molecule is CCCCC/C=C\C/C=C\C/C=C\C/C=C\CCCC(=O)OC[C@@H]1COP(=O)(O)O[C@H]2[C@H](O)[C@@H](O)[C@H](O)[C@H](/C=C\C(=O)[C@H](/C=C/[C@@H](O)CCCCC)[C@@H](O)[C@H]2OP(=O)(O)O)C/C=C\CCCC(=O)O1. The summed E-state index contributed by atoms with van der Waals surface area (Å²) in [5.41, 5.74) is 0. The summed E-state index contributed by atoms with van der Waals surface area (Å²) in [7, 11) is -11.4. The molecule has 392 valence electrons. The van der Waals surface area contributed by atoms with Crippen molar-refractivity contribution in [3.05, 3.63) is 85.1 Å². The predicted octanol–water partition coefficient (Wildman–Crippen LogP) is 7.01. The van der Waals surface area contributed by atoms with Crippen LogP contribution in [0.25, 0.3) is 0 Å². The highest BCUT2D eigenvalue weighted by atomic mass is 31.2. The Hall–Kier alpha value is -3.19. The Balaban J connectivity index is 2.27. The first-order valence-electron chi connectivity index (χ1n) is 24.2. The van der Waals surface area contributed by atoms with Crippen LogP contribution in [0.5, 0.6) is 0 Å². The molecular formula is C49H78O18P2. The fourth-order valence-corrected chi connectivity index (χ4v) is 8.80. The van der Waals surface area contributed by atoms with Gasteiger partial charge in [-0.2, -0.15) is 0 Å². The molecular weight excluding hydrogens is 938 g/mol. The zero-order chi connectivity index (χ0) is 51.1. The van der Waals surface area contributed by atoms with Crippen molar-refractivity contribution in [3.63, 3.8) is 0 Å². The molecule has 0 amide bonds. The van der Waals surface area contributed by atoms with Crippen LogP contribution in [0.3, 0.4) is 0 Å². The molecule has 0 fully saturated rings. The third-order valence-electron chi connectivity index (χ3n) is 11.2. The van der Waals surface area contributed by atoms with Crippen molar-refractivity contribution in [1.82, 2.24) is 0 Å². The number of fused-ring (bicyclic) bond motifs is 4. The molecule has 18 nitrogen and oxygen atoms in total. The predicted molar refractivity (Wildman–Crippen MR) is 259 cm³/mol. The minimum absolute atomic E-state index is 0.0165. The number of allylic oxidation sites excluding steroid dienone is 11. The number of ketones is 1. The molecule has 1 aliphatic heterocycles. The van der Waals surface area contributed by atoms with E-state index in [0.717, 1.165) is 50.7 Å². The van der Waals surface area contributed by atoms with Gasteiger partial charge in [-0.1, -0.05) is 125 Å². The highest BCUT2D eigenvalue weighted by Gasteiger charge is 2.50. The van der Waals surface area contributed by atoms with E-state index in [9.17, 15) is 63.7 Å². The summed E-state index contributed by atoms with van der Waals surface area (Å²) in [6.07, 6.45) is 18.1. The monoisotopic (exact) mass is 1020 g/mol. The Kier molecular flexibility index (Phi) is 31.4. The van der Waals surface area contributed by atoms with E-state index in [4.69, 9.17) is 23.0 Å². The van der Waals surface area contributed by atoms with Crippen molar-refractivity contribution >= 4 is 33.4 Å². The zero-order valence-corrected chi connectivity index (χ0v) is 41.8. The molecule has 0 aromatic heterocycles. The van der Waals surface area contributed by atoms with Gasteiger partial charge in [0.05, 0.1) is 30.8 Å². The molecule has 1 aliphatic carbocycles. The second-order valence-corrected chi connectivity index (χ2v) is 19.7. The molecule has 69 heavy (non-hydrogen) atoms. The van der Waals surface area contributed by atoms with Gasteiger partial charge in [0.15, 0.2) is 11.9 Å². The number of unbranched alkanes of at least 4 members (excludes halogenated alkanes) is 6. The number of cyclic esters (lactones) is 1. The van der Waals surface area contributed by atoms with Crippen molar-refractivity contribution in [2.75, 3.05) is 13.2 Å². The number of carbonyl (C=O) groups excluding carboxylic acids is 3. The molecule has 2 bridgehead atoms.